The number of hydrogen-bond acceptors (Lipinski definition) is 5. The van der Waals surface area contributed by atoms with E-state index in [1.165, 1.54) is 12.8 Å². The van der Waals surface area contributed by atoms with E-state index >= 15 is 0 Å². The molecule has 21 heavy (non-hydrogen) atoms. The molecule has 1 aromatic carbocycles. The number of benzene rings is 1. The number of anilines is 4. The second-order valence-corrected chi connectivity index (χ2v) is 5.67. The van der Waals surface area contributed by atoms with E-state index in [1.807, 2.05) is 25.1 Å². The molecule has 0 bridgehead atoms. The number of rotatable bonds is 3. The zero-order valence-corrected chi connectivity index (χ0v) is 12.7. The fraction of sp³-hybridized carbons (Fsp3) is 0.333. The molecule has 110 valence electrons. The molecule has 1 aliphatic rings. The minimum Gasteiger partial charge on any atom is -0.393 e. The Morgan fingerprint density at radius 1 is 1.24 bits per heavy atom. The summed E-state index contributed by atoms with van der Waals surface area (Å²) >= 11 is 6.05. The van der Waals surface area contributed by atoms with E-state index in [0.717, 1.165) is 30.2 Å². The summed E-state index contributed by atoms with van der Waals surface area (Å²) in [4.78, 5) is 10.8. The number of aromatic nitrogens is 2. The van der Waals surface area contributed by atoms with Crippen LogP contribution in [0.3, 0.4) is 0 Å². The molecule has 1 aromatic heterocycles. The number of halogens is 1. The van der Waals surface area contributed by atoms with Gasteiger partial charge >= 0.3 is 0 Å². The molecule has 0 radical (unpaired) electrons. The summed E-state index contributed by atoms with van der Waals surface area (Å²) in [5, 5.41) is 3.93. The molecule has 1 fully saturated rings. The van der Waals surface area contributed by atoms with Crippen molar-refractivity contribution in [1.82, 2.24) is 9.97 Å². The Hall–Kier alpha value is -2.01. The van der Waals surface area contributed by atoms with Crippen LogP contribution in [-0.2, 0) is 0 Å². The largest absolute Gasteiger partial charge is 0.393 e. The molecule has 0 unspecified atom stereocenters. The second kappa shape index (κ2) is 5.77. The van der Waals surface area contributed by atoms with Crippen molar-refractivity contribution in [3.8, 4) is 0 Å². The molecule has 0 atom stereocenters. The molecule has 1 aliphatic heterocycles. The van der Waals surface area contributed by atoms with Gasteiger partial charge in [-0.05, 0) is 37.5 Å². The molecule has 1 saturated heterocycles. The van der Waals surface area contributed by atoms with E-state index < -0.39 is 0 Å². The molecule has 2 heterocycles. The van der Waals surface area contributed by atoms with Gasteiger partial charge in [-0.25, -0.2) is 9.97 Å². The summed E-state index contributed by atoms with van der Waals surface area (Å²) in [5.41, 5.74) is 8.81. The van der Waals surface area contributed by atoms with Crippen LogP contribution in [0.4, 0.5) is 23.0 Å². The highest BCUT2D eigenvalue weighted by atomic mass is 35.5. The van der Waals surface area contributed by atoms with Crippen LogP contribution in [0.2, 0.25) is 5.02 Å². The van der Waals surface area contributed by atoms with Gasteiger partial charge in [0.1, 0.15) is 12.0 Å². The van der Waals surface area contributed by atoms with Crippen LogP contribution in [0.5, 0.6) is 0 Å². The Bertz CT molecular complexity index is 653. The summed E-state index contributed by atoms with van der Waals surface area (Å²) in [7, 11) is 0. The number of nitrogens with two attached hydrogens (primary N) is 1. The topological polar surface area (TPSA) is 67.1 Å². The van der Waals surface area contributed by atoms with E-state index in [9.17, 15) is 0 Å². The summed E-state index contributed by atoms with van der Waals surface area (Å²) in [6.45, 7) is 4.01. The Labute approximate surface area is 129 Å². The molecule has 0 saturated carbocycles. The van der Waals surface area contributed by atoms with E-state index in [-0.39, 0.29) is 0 Å². The Balaban J connectivity index is 1.92. The average Bonchev–Trinajstić information content (AvgIpc) is 2.99. The van der Waals surface area contributed by atoms with E-state index in [1.54, 1.807) is 6.33 Å². The van der Waals surface area contributed by atoms with Gasteiger partial charge in [-0.1, -0.05) is 17.7 Å². The molecule has 3 rings (SSSR count). The first-order chi connectivity index (χ1) is 10.1. The highest BCUT2D eigenvalue weighted by Crippen LogP contribution is 2.31. The summed E-state index contributed by atoms with van der Waals surface area (Å²) in [6.07, 6.45) is 3.91. The van der Waals surface area contributed by atoms with Crippen LogP contribution in [0, 0.1) is 6.92 Å². The van der Waals surface area contributed by atoms with Gasteiger partial charge in [-0.15, -0.1) is 0 Å². The highest BCUT2D eigenvalue weighted by Gasteiger charge is 2.18. The van der Waals surface area contributed by atoms with Gasteiger partial charge in [0.25, 0.3) is 0 Å². The molecule has 0 spiro atoms. The van der Waals surface area contributed by atoms with Crippen molar-refractivity contribution in [3.63, 3.8) is 0 Å². The first kappa shape index (κ1) is 13.9. The van der Waals surface area contributed by atoms with Crippen LogP contribution in [0.15, 0.2) is 24.5 Å². The van der Waals surface area contributed by atoms with E-state index in [4.69, 9.17) is 17.3 Å². The zero-order valence-electron chi connectivity index (χ0n) is 11.9. The van der Waals surface area contributed by atoms with Gasteiger partial charge < -0.3 is 16.0 Å². The zero-order chi connectivity index (χ0) is 14.8. The van der Waals surface area contributed by atoms with Crippen LogP contribution < -0.4 is 16.0 Å². The van der Waals surface area contributed by atoms with Gasteiger partial charge in [-0.2, -0.15) is 0 Å². The number of nitrogens with one attached hydrogen (secondary N) is 1. The minimum atomic E-state index is 0.582. The van der Waals surface area contributed by atoms with Crippen LogP contribution >= 0.6 is 11.6 Å². The van der Waals surface area contributed by atoms with Gasteiger partial charge in [0, 0.05) is 23.8 Å². The predicted octanol–water partition coefficient (Wildman–Crippen LogP) is 3.36. The standard InChI is InChI=1S/C15H18ClN5/c1-10-4-5-11(16)8-12(10)20-14-13(17)15(19-9-18-14)21-6-2-3-7-21/h4-5,8-9H,2-3,6-7,17H2,1H3,(H,18,19,20). The third kappa shape index (κ3) is 2.88. The minimum absolute atomic E-state index is 0.582. The molecule has 6 heteroatoms. The summed E-state index contributed by atoms with van der Waals surface area (Å²) in [5.74, 6) is 1.43. The fourth-order valence-electron chi connectivity index (χ4n) is 2.52. The second-order valence-electron chi connectivity index (χ2n) is 5.24. The third-order valence-corrected chi connectivity index (χ3v) is 3.96. The lowest BCUT2D eigenvalue weighted by molar-refractivity contribution is 0.931. The van der Waals surface area contributed by atoms with Crippen molar-refractivity contribution in [1.29, 1.82) is 0 Å². The van der Waals surface area contributed by atoms with Crippen molar-refractivity contribution >= 4 is 34.6 Å². The van der Waals surface area contributed by atoms with Crippen LogP contribution in [0.1, 0.15) is 18.4 Å². The van der Waals surface area contributed by atoms with Gasteiger partial charge in [0.05, 0.1) is 0 Å². The SMILES string of the molecule is Cc1ccc(Cl)cc1Nc1ncnc(N2CCCC2)c1N. The summed E-state index contributed by atoms with van der Waals surface area (Å²) in [6, 6.07) is 5.69. The van der Waals surface area contributed by atoms with Gasteiger partial charge in [0.2, 0.25) is 0 Å². The molecular formula is C15H18ClN5. The number of aryl methyl sites for hydroxylation is 1. The maximum Gasteiger partial charge on any atom is 0.159 e. The molecule has 0 amide bonds. The monoisotopic (exact) mass is 303 g/mol. The quantitative estimate of drug-likeness (QED) is 0.910. The smallest absolute Gasteiger partial charge is 0.159 e. The van der Waals surface area contributed by atoms with Crippen molar-refractivity contribution in [3.05, 3.63) is 35.1 Å². The lowest BCUT2D eigenvalue weighted by Crippen LogP contribution is -2.21. The van der Waals surface area contributed by atoms with Crippen molar-refractivity contribution in [2.45, 2.75) is 19.8 Å². The van der Waals surface area contributed by atoms with E-state index in [0.29, 0.717) is 16.5 Å². The fourth-order valence-corrected chi connectivity index (χ4v) is 2.70. The number of nitrogens with zero attached hydrogens (tertiary/aromatic N) is 3. The molecule has 2 aromatic rings. The Kier molecular flexibility index (Phi) is 3.84. The van der Waals surface area contributed by atoms with Crippen molar-refractivity contribution < 1.29 is 0 Å². The van der Waals surface area contributed by atoms with E-state index in [2.05, 4.69) is 20.2 Å². The molecule has 3 N–H and O–H groups in total. The maximum absolute atomic E-state index is 6.24. The molecule has 5 nitrogen and oxygen atoms in total. The van der Waals surface area contributed by atoms with Crippen LogP contribution in [0.25, 0.3) is 0 Å². The third-order valence-electron chi connectivity index (χ3n) is 3.72. The molecular weight excluding hydrogens is 286 g/mol. The lowest BCUT2D eigenvalue weighted by atomic mass is 10.2. The average molecular weight is 304 g/mol. The highest BCUT2D eigenvalue weighted by molar-refractivity contribution is 6.30. The Morgan fingerprint density at radius 3 is 2.76 bits per heavy atom. The van der Waals surface area contributed by atoms with Gasteiger partial charge in [0.15, 0.2) is 11.6 Å². The normalized spacial score (nSPS) is 14.5. The summed E-state index contributed by atoms with van der Waals surface area (Å²) < 4.78 is 0. The maximum atomic E-state index is 6.24. The van der Waals surface area contributed by atoms with Gasteiger partial charge in [-0.3, -0.25) is 0 Å². The lowest BCUT2D eigenvalue weighted by Gasteiger charge is -2.20. The number of nitrogen functional groups attached to an aromatic ring is 1. The predicted molar refractivity (Wildman–Crippen MR) is 87.4 cm³/mol. The number of hydrogen-bond donors (Lipinski definition) is 2. The first-order valence-electron chi connectivity index (χ1n) is 7.04. The van der Waals surface area contributed by atoms with Crippen LogP contribution in [-0.4, -0.2) is 23.1 Å². The first-order valence-corrected chi connectivity index (χ1v) is 7.41. The van der Waals surface area contributed by atoms with Crippen molar-refractivity contribution in [2.75, 3.05) is 29.0 Å². The van der Waals surface area contributed by atoms with Crippen molar-refractivity contribution in [2.24, 2.45) is 0 Å². The molecule has 0 aliphatic carbocycles. The Morgan fingerprint density at radius 2 is 2.00 bits per heavy atom.